The second-order valence-electron chi connectivity index (χ2n) is 7.72. The van der Waals surface area contributed by atoms with Crippen molar-refractivity contribution in [3.05, 3.63) is 89.7 Å². The molecule has 0 saturated carbocycles. The van der Waals surface area contributed by atoms with Crippen LogP contribution in [0.5, 0.6) is 0 Å². The lowest BCUT2D eigenvalue weighted by atomic mass is 10.1. The van der Waals surface area contributed by atoms with Crippen molar-refractivity contribution >= 4 is 29.1 Å². The Morgan fingerprint density at radius 3 is 2.14 bits per heavy atom. The molecule has 2 unspecified atom stereocenters. The van der Waals surface area contributed by atoms with Crippen molar-refractivity contribution in [1.29, 1.82) is 0 Å². The van der Waals surface area contributed by atoms with Gasteiger partial charge in [0.1, 0.15) is 6.04 Å². The number of hydroxylamine groups is 1. The Labute approximate surface area is 207 Å². The first-order chi connectivity index (χ1) is 17.4. The number of hydrogen-bond donors (Lipinski definition) is 6. The van der Waals surface area contributed by atoms with Crippen LogP contribution in [0.4, 0.5) is 11.4 Å². The van der Waals surface area contributed by atoms with Crippen LogP contribution in [-0.4, -0.2) is 51.7 Å². The molecule has 0 spiro atoms. The number of pyridine rings is 1. The molecule has 2 aromatic carbocycles. The maximum atomic E-state index is 12.3. The number of carbonyl (C=O) groups excluding carboxylic acids is 3. The number of nitrogens with one attached hydrogen (secondary N) is 4. The number of carbonyl (C=O) groups is 3. The first-order valence-corrected chi connectivity index (χ1v) is 10.9. The lowest BCUT2D eigenvalue weighted by Gasteiger charge is -2.19. The lowest BCUT2D eigenvalue weighted by molar-refractivity contribution is -0.133. The molecule has 0 bridgehead atoms. The van der Waals surface area contributed by atoms with Gasteiger partial charge in [0.15, 0.2) is 0 Å². The summed E-state index contributed by atoms with van der Waals surface area (Å²) in [6.45, 7) is 1.43. The molecule has 0 aliphatic carbocycles. The van der Waals surface area contributed by atoms with E-state index in [0.717, 1.165) is 11.3 Å². The number of aliphatic hydroxyl groups excluding tert-OH is 1. The van der Waals surface area contributed by atoms with Crippen molar-refractivity contribution < 1.29 is 24.7 Å². The van der Waals surface area contributed by atoms with Gasteiger partial charge in [-0.15, -0.1) is 0 Å². The van der Waals surface area contributed by atoms with Crippen LogP contribution in [0.2, 0.25) is 0 Å². The summed E-state index contributed by atoms with van der Waals surface area (Å²) >= 11 is 0. The topological polar surface area (TPSA) is 153 Å². The predicted molar refractivity (Wildman–Crippen MR) is 133 cm³/mol. The fraction of sp³-hybridized carbons (Fsp3) is 0.154. The monoisotopic (exact) mass is 487 g/mol. The van der Waals surface area contributed by atoms with E-state index in [0.29, 0.717) is 11.3 Å². The lowest BCUT2D eigenvalue weighted by Crippen LogP contribution is -2.51. The Morgan fingerprint density at radius 1 is 0.944 bits per heavy atom. The van der Waals surface area contributed by atoms with Gasteiger partial charge in [-0.1, -0.05) is 11.8 Å². The number of benzene rings is 2. The van der Waals surface area contributed by atoms with Crippen LogP contribution in [-0.2, 0) is 9.59 Å². The SMILES string of the molecule is CC(O)C(NC(=O)c1ccc(C#Cc2ccc(NC(=O)CNc3cccnc3)cc2)cc1)C(=O)NO. The molecule has 10 nitrogen and oxygen atoms in total. The highest BCUT2D eigenvalue weighted by Gasteiger charge is 2.25. The van der Waals surface area contributed by atoms with Crippen LogP contribution in [0, 0.1) is 11.8 Å². The molecule has 1 aromatic heterocycles. The van der Waals surface area contributed by atoms with Gasteiger partial charge in [-0.2, -0.15) is 0 Å². The van der Waals surface area contributed by atoms with E-state index in [1.54, 1.807) is 54.9 Å². The molecule has 0 aliphatic heterocycles. The number of amides is 3. The Kier molecular flexibility index (Phi) is 9.11. The van der Waals surface area contributed by atoms with Gasteiger partial charge in [-0.05, 0) is 67.6 Å². The van der Waals surface area contributed by atoms with Crippen LogP contribution in [0.25, 0.3) is 0 Å². The summed E-state index contributed by atoms with van der Waals surface area (Å²) in [7, 11) is 0. The molecule has 0 aliphatic rings. The molecule has 2 atom stereocenters. The van der Waals surface area contributed by atoms with E-state index >= 15 is 0 Å². The van der Waals surface area contributed by atoms with Crippen LogP contribution in [0.3, 0.4) is 0 Å². The van der Waals surface area contributed by atoms with Gasteiger partial charge in [0.25, 0.3) is 11.8 Å². The third-order valence-electron chi connectivity index (χ3n) is 4.94. The van der Waals surface area contributed by atoms with E-state index in [4.69, 9.17) is 5.21 Å². The maximum Gasteiger partial charge on any atom is 0.268 e. The molecule has 0 radical (unpaired) electrons. The average molecular weight is 488 g/mol. The third-order valence-corrected chi connectivity index (χ3v) is 4.94. The minimum absolute atomic E-state index is 0.107. The fourth-order valence-electron chi connectivity index (χ4n) is 3.04. The maximum absolute atomic E-state index is 12.3. The molecule has 36 heavy (non-hydrogen) atoms. The van der Waals surface area contributed by atoms with Gasteiger partial charge < -0.3 is 21.1 Å². The van der Waals surface area contributed by atoms with Crippen LogP contribution in [0.15, 0.2) is 73.1 Å². The zero-order valence-corrected chi connectivity index (χ0v) is 19.4. The highest BCUT2D eigenvalue weighted by molar-refractivity contribution is 5.97. The molecule has 3 amide bonds. The van der Waals surface area contributed by atoms with Gasteiger partial charge >= 0.3 is 0 Å². The van der Waals surface area contributed by atoms with Crippen molar-refractivity contribution in [2.45, 2.75) is 19.1 Å². The average Bonchev–Trinajstić information content (AvgIpc) is 2.90. The molecule has 1 heterocycles. The largest absolute Gasteiger partial charge is 0.391 e. The molecule has 3 rings (SSSR count). The Morgan fingerprint density at radius 2 is 1.58 bits per heavy atom. The summed E-state index contributed by atoms with van der Waals surface area (Å²) in [6, 6.07) is 15.7. The first-order valence-electron chi connectivity index (χ1n) is 10.9. The zero-order chi connectivity index (χ0) is 25.9. The number of aromatic nitrogens is 1. The van der Waals surface area contributed by atoms with Gasteiger partial charge in [0.05, 0.1) is 18.3 Å². The number of hydrogen-bond acceptors (Lipinski definition) is 7. The van der Waals surface area contributed by atoms with Crippen molar-refractivity contribution in [3.63, 3.8) is 0 Å². The molecule has 0 saturated heterocycles. The predicted octanol–water partition coefficient (Wildman–Crippen LogP) is 1.52. The van der Waals surface area contributed by atoms with Gasteiger partial charge in [-0.3, -0.25) is 24.6 Å². The third kappa shape index (κ3) is 7.66. The number of anilines is 2. The summed E-state index contributed by atoms with van der Waals surface area (Å²) in [5, 5.41) is 26.5. The molecule has 184 valence electrons. The molecule has 3 aromatic rings. The second kappa shape index (κ2) is 12.7. The quantitative estimate of drug-likeness (QED) is 0.160. The van der Waals surface area contributed by atoms with E-state index in [1.807, 2.05) is 6.07 Å². The minimum atomic E-state index is -1.30. The van der Waals surface area contributed by atoms with Crippen molar-refractivity contribution in [2.75, 3.05) is 17.2 Å². The standard InChI is InChI=1S/C26H25N5O5/c1-17(32)24(26(35)31-36)30-25(34)20-10-6-18(7-11-20)4-5-19-8-12-21(13-9-19)29-23(33)16-28-22-3-2-14-27-15-22/h2-3,6-15,17,24,28,32,36H,16H2,1H3,(H,29,33)(H,30,34)(H,31,35). The normalized spacial score (nSPS) is 11.8. The Hall–Kier alpha value is -4.72. The van der Waals surface area contributed by atoms with Crippen molar-refractivity contribution in [1.82, 2.24) is 15.8 Å². The summed E-state index contributed by atoms with van der Waals surface area (Å²) in [5.74, 6) is 4.30. The summed E-state index contributed by atoms with van der Waals surface area (Å²) < 4.78 is 0. The van der Waals surface area contributed by atoms with Crippen molar-refractivity contribution in [2.24, 2.45) is 0 Å². The number of aliphatic hydroxyl groups is 1. The highest BCUT2D eigenvalue weighted by Crippen LogP contribution is 2.10. The highest BCUT2D eigenvalue weighted by atomic mass is 16.5. The Bertz CT molecular complexity index is 1250. The summed E-state index contributed by atoms with van der Waals surface area (Å²) in [5.41, 5.74) is 4.46. The van der Waals surface area contributed by atoms with E-state index < -0.39 is 24.0 Å². The minimum Gasteiger partial charge on any atom is -0.391 e. The fourth-order valence-corrected chi connectivity index (χ4v) is 3.04. The summed E-state index contributed by atoms with van der Waals surface area (Å²) in [4.78, 5) is 40.0. The smallest absolute Gasteiger partial charge is 0.268 e. The second-order valence-corrected chi connectivity index (χ2v) is 7.72. The molecule has 6 N–H and O–H groups in total. The molecule has 0 fully saturated rings. The van der Waals surface area contributed by atoms with E-state index in [2.05, 4.69) is 32.8 Å². The number of nitrogens with zero attached hydrogens (tertiary/aromatic N) is 1. The number of rotatable bonds is 8. The van der Waals surface area contributed by atoms with Gasteiger partial charge in [0.2, 0.25) is 5.91 Å². The van der Waals surface area contributed by atoms with Crippen molar-refractivity contribution in [3.8, 4) is 11.8 Å². The summed E-state index contributed by atoms with van der Waals surface area (Å²) in [6.07, 6.45) is 2.09. The van der Waals surface area contributed by atoms with E-state index in [9.17, 15) is 19.5 Å². The van der Waals surface area contributed by atoms with Crippen LogP contribution in [0.1, 0.15) is 28.4 Å². The van der Waals surface area contributed by atoms with Crippen LogP contribution >= 0.6 is 0 Å². The van der Waals surface area contributed by atoms with Gasteiger partial charge in [-0.25, -0.2) is 5.48 Å². The van der Waals surface area contributed by atoms with E-state index in [1.165, 1.54) is 24.5 Å². The first kappa shape index (κ1) is 25.9. The van der Waals surface area contributed by atoms with Gasteiger partial charge in [0, 0.05) is 34.8 Å². The molecule has 10 heteroatoms. The molecular weight excluding hydrogens is 462 g/mol. The van der Waals surface area contributed by atoms with E-state index in [-0.39, 0.29) is 18.0 Å². The zero-order valence-electron chi connectivity index (χ0n) is 19.4. The van der Waals surface area contributed by atoms with Crippen LogP contribution < -0.4 is 21.4 Å². The molecular formula is C26H25N5O5. The Balaban J connectivity index is 1.54.